The molecule has 0 aromatic heterocycles. The molecule has 0 aliphatic heterocycles. The summed E-state index contributed by atoms with van der Waals surface area (Å²) in [4.78, 5) is 0. The molecule has 0 aliphatic rings. The highest BCUT2D eigenvalue weighted by Crippen LogP contribution is 2.34. The van der Waals surface area contributed by atoms with Crippen LogP contribution in [0, 0.1) is 6.92 Å². The van der Waals surface area contributed by atoms with E-state index >= 15 is 0 Å². The molecule has 5 heteroatoms. The Labute approximate surface area is 90.1 Å². The number of aryl methyl sites for hydroxylation is 1. The fraction of sp³-hybridized carbons (Fsp3) is 0.400. The van der Waals surface area contributed by atoms with Crippen LogP contribution in [0.2, 0.25) is 0 Å². The summed E-state index contributed by atoms with van der Waals surface area (Å²) in [5, 5.41) is 8.69. The van der Waals surface area contributed by atoms with Gasteiger partial charge in [-0.3, -0.25) is 0 Å². The summed E-state index contributed by atoms with van der Waals surface area (Å²) in [5.41, 5.74) is 0.945. The molecule has 0 amide bonds. The molecule has 0 bridgehead atoms. The third-order valence-electron chi connectivity index (χ3n) is 1.98. The number of hydrogen-bond donors (Lipinski definition) is 1. The standard InChI is InChI=1S/C10H15BO4/c1-4-14-8-6-9(13-3)10(15-11-12)5-7(8)2/h5-6,11-12H,4H2,1-3H3. The largest absolute Gasteiger partial charge is 0.536 e. The van der Waals surface area contributed by atoms with Crippen LogP contribution >= 0.6 is 0 Å². The van der Waals surface area contributed by atoms with Gasteiger partial charge in [0.25, 0.3) is 0 Å². The second-order valence-corrected chi connectivity index (χ2v) is 2.98. The van der Waals surface area contributed by atoms with E-state index in [9.17, 15) is 0 Å². The lowest BCUT2D eigenvalue weighted by Crippen LogP contribution is -2.03. The van der Waals surface area contributed by atoms with Crippen LogP contribution in [0.25, 0.3) is 0 Å². The molecule has 82 valence electrons. The Balaban J connectivity index is 3.04. The number of ether oxygens (including phenoxy) is 2. The summed E-state index contributed by atoms with van der Waals surface area (Å²) in [6.07, 6.45) is 0. The summed E-state index contributed by atoms with van der Waals surface area (Å²) in [6.45, 7) is 4.43. The molecule has 0 saturated heterocycles. The van der Waals surface area contributed by atoms with Crippen molar-refractivity contribution in [2.45, 2.75) is 13.8 Å². The lowest BCUT2D eigenvalue weighted by molar-refractivity contribution is 0.330. The zero-order valence-corrected chi connectivity index (χ0v) is 9.24. The first kappa shape index (κ1) is 11.7. The Hall–Kier alpha value is -1.36. The van der Waals surface area contributed by atoms with E-state index in [-0.39, 0.29) is 7.69 Å². The van der Waals surface area contributed by atoms with E-state index in [2.05, 4.69) is 0 Å². The Kier molecular flexibility index (Phi) is 4.30. The van der Waals surface area contributed by atoms with E-state index in [0.29, 0.717) is 18.1 Å². The highest BCUT2D eigenvalue weighted by atomic mass is 16.5. The van der Waals surface area contributed by atoms with Gasteiger partial charge in [-0.2, -0.15) is 0 Å². The normalized spacial score (nSPS) is 9.60. The number of methoxy groups -OCH3 is 1. The molecular weight excluding hydrogens is 195 g/mol. The van der Waals surface area contributed by atoms with Gasteiger partial charge in [0.15, 0.2) is 5.75 Å². The van der Waals surface area contributed by atoms with Crippen LogP contribution in [0.1, 0.15) is 12.5 Å². The van der Waals surface area contributed by atoms with Gasteiger partial charge in [-0.25, -0.2) is 0 Å². The average molecular weight is 210 g/mol. The van der Waals surface area contributed by atoms with Crippen LogP contribution < -0.4 is 14.1 Å². The fourth-order valence-electron chi connectivity index (χ4n) is 1.30. The minimum atomic E-state index is -0.371. The molecule has 15 heavy (non-hydrogen) atoms. The monoisotopic (exact) mass is 210 g/mol. The van der Waals surface area contributed by atoms with Crippen LogP contribution in [0.3, 0.4) is 0 Å². The summed E-state index contributed by atoms with van der Waals surface area (Å²) in [6, 6.07) is 3.53. The van der Waals surface area contributed by atoms with Crippen LogP contribution in [-0.4, -0.2) is 26.4 Å². The molecule has 0 radical (unpaired) electrons. The quantitative estimate of drug-likeness (QED) is 0.737. The molecule has 4 nitrogen and oxygen atoms in total. The van der Waals surface area contributed by atoms with Crippen molar-refractivity contribution in [2.75, 3.05) is 13.7 Å². The van der Waals surface area contributed by atoms with E-state index < -0.39 is 0 Å². The Morgan fingerprint density at radius 1 is 1.27 bits per heavy atom. The average Bonchev–Trinajstić information content (AvgIpc) is 2.22. The summed E-state index contributed by atoms with van der Waals surface area (Å²) in [7, 11) is 1.18. The second-order valence-electron chi connectivity index (χ2n) is 2.98. The molecule has 0 atom stereocenters. The zero-order valence-electron chi connectivity index (χ0n) is 9.24. The topological polar surface area (TPSA) is 47.9 Å². The molecule has 0 saturated carbocycles. The van der Waals surface area contributed by atoms with Crippen molar-refractivity contribution in [3.05, 3.63) is 17.7 Å². The van der Waals surface area contributed by atoms with Gasteiger partial charge in [-0.15, -0.1) is 0 Å². The van der Waals surface area contributed by atoms with Crippen LogP contribution in [0.4, 0.5) is 0 Å². The molecule has 0 unspecified atom stereocenters. The lowest BCUT2D eigenvalue weighted by Gasteiger charge is -2.13. The number of hydrogen-bond acceptors (Lipinski definition) is 4. The van der Waals surface area contributed by atoms with Gasteiger partial charge in [0.2, 0.25) is 0 Å². The van der Waals surface area contributed by atoms with Crippen molar-refractivity contribution >= 4 is 7.69 Å². The minimum Gasteiger partial charge on any atom is -0.536 e. The molecule has 0 aliphatic carbocycles. The fourth-order valence-corrected chi connectivity index (χ4v) is 1.30. The summed E-state index contributed by atoms with van der Waals surface area (Å²) in [5.74, 6) is 1.83. The van der Waals surface area contributed by atoms with Crippen molar-refractivity contribution < 1.29 is 19.2 Å². The SMILES string of the molecule is CCOc1cc(OC)c(OBO)cc1C. The molecule has 1 aromatic carbocycles. The van der Waals surface area contributed by atoms with Gasteiger partial charge in [-0.1, -0.05) is 0 Å². The number of rotatable bonds is 5. The van der Waals surface area contributed by atoms with E-state index in [0.717, 1.165) is 11.3 Å². The van der Waals surface area contributed by atoms with Crippen molar-refractivity contribution in [3.63, 3.8) is 0 Å². The van der Waals surface area contributed by atoms with Crippen LogP contribution in [-0.2, 0) is 0 Å². The van der Waals surface area contributed by atoms with Gasteiger partial charge in [0.05, 0.1) is 13.7 Å². The van der Waals surface area contributed by atoms with Crippen LogP contribution in [0.15, 0.2) is 12.1 Å². The molecule has 1 N–H and O–H groups in total. The third-order valence-corrected chi connectivity index (χ3v) is 1.98. The molecule has 1 rings (SSSR count). The van der Waals surface area contributed by atoms with Gasteiger partial charge >= 0.3 is 7.69 Å². The zero-order chi connectivity index (χ0) is 11.3. The van der Waals surface area contributed by atoms with Crippen molar-refractivity contribution in [3.8, 4) is 17.2 Å². The maximum Gasteiger partial charge on any atom is 0.504 e. The van der Waals surface area contributed by atoms with Gasteiger partial charge < -0.3 is 19.2 Å². The summed E-state index contributed by atoms with van der Waals surface area (Å²) >= 11 is 0. The molecule has 0 spiro atoms. The van der Waals surface area contributed by atoms with Crippen molar-refractivity contribution in [1.29, 1.82) is 0 Å². The highest BCUT2D eigenvalue weighted by Gasteiger charge is 2.09. The van der Waals surface area contributed by atoms with Gasteiger partial charge in [0, 0.05) is 6.07 Å². The Morgan fingerprint density at radius 2 is 2.00 bits per heavy atom. The lowest BCUT2D eigenvalue weighted by atomic mass is 10.2. The first-order chi connectivity index (χ1) is 7.22. The highest BCUT2D eigenvalue weighted by molar-refractivity contribution is 6.17. The maximum atomic E-state index is 8.69. The molecule has 1 aromatic rings. The summed E-state index contributed by atoms with van der Waals surface area (Å²) < 4.78 is 15.6. The molecular formula is C10H15BO4. The number of benzene rings is 1. The molecule has 0 heterocycles. The Morgan fingerprint density at radius 3 is 2.53 bits per heavy atom. The van der Waals surface area contributed by atoms with Gasteiger partial charge in [-0.05, 0) is 25.5 Å². The van der Waals surface area contributed by atoms with E-state index in [1.807, 2.05) is 13.8 Å². The van der Waals surface area contributed by atoms with E-state index in [1.165, 1.54) is 0 Å². The third kappa shape index (κ3) is 2.79. The molecule has 0 fully saturated rings. The van der Waals surface area contributed by atoms with Crippen LogP contribution in [0.5, 0.6) is 17.2 Å². The smallest absolute Gasteiger partial charge is 0.504 e. The van der Waals surface area contributed by atoms with E-state index in [1.54, 1.807) is 19.2 Å². The Bertz CT molecular complexity index is 327. The second kappa shape index (κ2) is 5.51. The van der Waals surface area contributed by atoms with Gasteiger partial charge in [0.1, 0.15) is 11.5 Å². The first-order valence-electron chi connectivity index (χ1n) is 4.78. The van der Waals surface area contributed by atoms with E-state index in [4.69, 9.17) is 19.2 Å². The first-order valence-corrected chi connectivity index (χ1v) is 4.78. The maximum absolute atomic E-state index is 8.69. The predicted octanol–water partition coefficient (Wildman–Crippen LogP) is 1.04. The van der Waals surface area contributed by atoms with Crippen molar-refractivity contribution in [1.82, 2.24) is 0 Å². The minimum absolute atomic E-state index is 0.371. The van der Waals surface area contributed by atoms with Crippen molar-refractivity contribution in [2.24, 2.45) is 0 Å². The predicted molar refractivity (Wildman–Crippen MR) is 58.9 cm³/mol.